The Morgan fingerprint density at radius 1 is 1.67 bits per heavy atom. The summed E-state index contributed by atoms with van der Waals surface area (Å²) in [7, 11) is 0. The Labute approximate surface area is 112 Å². The van der Waals surface area contributed by atoms with Crippen LogP contribution < -0.4 is 11.4 Å². The SMILES string of the molecule is CBr.Nc1nc(=O)n(C2CCC(CO)O2)cc1F. The third kappa shape index (κ3) is 3.27. The monoisotopic (exact) mass is 323 g/mol. The quantitative estimate of drug-likeness (QED) is 0.780. The van der Waals surface area contributed by atoms with E-state index in [0.29, 0.717) is 12.8 Å². The van der Waals surface area contributed by atoms with Gasteiger partial charge in [-0.3, -0.25) is 4.57 Å². The van der Waals surface area contributed by atoms with Gasteiger partial charge in [0, 0.05) is 0 Å². The second-order valence-corrected chi connectivity index (χ2v) is 3.64. The zero-order chi connectivity index (χ0) is 13.7. The van der Waals surface area contributed by atoms with E-state index in [-0.39, 0.29) is 12.7 Å². The van der Waals surface area contributed by atoms with Gasteiger partial charge in [-0.25, -0.2) is 9.18 Å². The van der Waals surface area contributed by atoms with Gasteiger partial charge in [-0.15, -0.1) is 0 Å². The van der Waals surface area contributed by atoms with E-state index < -0.39 is 23.6 Å². The van der Waals surface area contributed by atoms with Gasteiger partial charge < -0.3 is 15.6 Å². The largest absolute Gasteiger partial charge is 0.394 e. The molecule has 102 valence electrons. The van der Waals surface area contributed by atoms with Crippen LogP contribution in [0.2, 0.25) is 0 Å². The topological polar surface area (TPSA) is 90.4 Å². The fourth-order valence-corrected chi connectivity index (χ4v) is 1.69. The van der Waals surface area contributed by atoms with Crippen LogP contribution in [-0.4, -0.2) is 33.2 Å². The molecule has 1 aliphatic rings. The summed E-state index contributed by atoms with van der Waals surface area (Å²) >= 11 is 2.94. The molecular weight excluding hydrogens is 309 g/mol. The highest BCUT2D eigenvalue weighted by Gasteiger charge is 2.27. The van der Waals surface area contributed by atoms with Crippen LogP contribution in [-0.2, 0) is 4.74 Å². The summed E-state index contributed by atoms with van der Waals surface area (Å²) in [6.45, 7) is -0.115. The second kappa shape index (κ2) is 6.81. The van der Waals surface area contributed by atoms with Crippen molar-refractivity contribution in [2.24, 2.45) is 0 Å². The van der Waals surface area contributed by atoms with E-state index >= 15 is 0 Å². The molecule has 1 aromatic heterocycles. The maximum absolute atomic E-state index is 13.1. The lowest BCUT2D eigenvalue weighted by molar-refractivity contribution is -0.0249. The molecule has 0 saturated carbocycles. The lowest BCUT2D eigenvalue weighted by Crippen LogP contribution is -2.28. The summed E-state index contributed by atoms with van der Waals surface area (Å²) in [6.07, 6.45) is 1.26. The van der Waals surface area contributed by atoms with Gasteiger partial charge in [0.15, 0.2) is 11.6 Å². The number of halogens is 2. The third-order valence-electron chi connectivity index (χ3n) is 2.53. The van der Waals surface area contributed by atoms with E-state index in [4.69, 9.17) is 15.6 Å². The predicted octanol–water partition coefficient (Wildman–Crippen LogP) is 0.646. The fraction of sp³-hybridized carbons (Fsp3) is 0.600. The summed E-state index contributed by atoms with van der Waals surface area (Å²) in [5.74, 6) is 0.640. The number of aliphatic hydroxyl groups is 1. The minimum absolute atomic E-state index is 0.115. The van der Waals surface area contributed by atoms with Gasteiger partial charge in [-0.05, 0) is 18.7 Å². The van der Waals surface area contributed by atoms with Gasteiger partial charge in [0.25, 0.3) is 0 Å². The summed E-state index contributed by atoms with van der Waals surface area (Å²) in [4.78, 5) is 14.8. The molecule has 1 aliphatic heterocycles. The van der Waals surface area contributed by atoms with Crippen molar-refractivity contribution >= 4 is 21.7 Å². The Kier molecular flexibility index (Phi) is 5.70. The van der Waals surface area contributed by atoms with Crippen LogP contribution in [0.1, 0.15) is 19.1 Å². The number of ether oxygens (including phenoxy) is 1. The van der Waals surface area contributed by atoms with Crippen molar-refractivity contribution in [3.63, 3.8) is 0 Å². The number of aromatic nitrogens is 2. The lowest BCUT2D eigenvalue weighted by Gasteiger charge is -2.14. The third-order valence-corrected chi connectivity index (χ3v) is 2.53. The molecule has 18 heavy (non-hydrogen) atoms. The number of hydrogen-bond acceptors (Lipinski definition) is 5. The van der Waals surface area contributed by atoms with Crippen molar-refractivity contribution in [2.45, 2.75) is 25.2 Å². The van der Waals surface area contributed by atoms with Gasteiger partial charge in [0.2, 0.25) is 0 Å². The highest BCUT2D eigenvalue weighted by atomic mass is 79.9. The molecule has 2 atom stereocenters. The molecule has 8 heteroatoms. The van der Waals surface area contributed by atoms with E-state index in [1.54, 1.807) is 0 Å². The van der Waals surface area contributed by atoms with Gasteiger partial charge in [0.05, 0.1) is 18.9 Å². The molecule has 0 bridgehead atoms. The van der Waals surface area contributed by atoms with Crippen molar-refractivity contribution in [3.8, 4) is 0 Å². The number of nitrogen functional groups attached to an aromatic ring is 1. The number of nitrogens with two attached hydrogens (primary N) is 1. The number of alkyl halides is 1. The van der Waals surface area contributed by atoms with Crippen LogP contribution in [0.15, 0.2) is 11.0 Å². The van der Waals surface area contributed by atoms with Gasteiger partial charge in [-0.2, -0.15) is 4.98 Å². The molecular formula is C10H15BrFN3O3. The van der Waals surface area contributed by atoms with Crippen LogP contribution in [0, 0.1) is 5.82 Å². The van der Waals surface area contributed by atoms with E-state index in [1.165, 1.54) is 0 Å². The Bertz CT molecular complexity index is 454. The molecule has 2 unspecified atom stereocenters. The smallest absolute Gasteiger partial charge is 0.351 e. The van der Waals surface area contributed by atoms with Crippen LogP contribution in [0.5, 0.6) is 0 Å². The van der Waals surface area contributed by atoms with Crippen LogP contribution in [0.4, 0.5) is 10.2 Å². The van der Waals surface area contributed by atoms with E-state index in [0.717, 1.165) is 10.8 Å². The van der Waals surface area contributed by atoms with Gasteiger partial charge in [0.1, 0.15) is 6.23 Å². The molecule has 6 nitrogen and oxygen atoms in total. The lowest BCUT2D eigenvalue weighted by atomic mass is 10.2. The first-order valence-electron chi connectivity index (χ1n) is 5.30. The van der Waals surface area contributed by atoms with Crippen LogP contribution in [0.3, 0.4) is 0 Å². The highest BCUT2D eigenvalue weighted by Crippen LogP contribution is 2.26. The van der Waals surface area contributed by atoms with E-state index in [1.807, 2.05) is 5.83 Å². The molecule has 2 heterocycles. The van der Waals surface area contributed by atoms with E-state index in [9.17, 15) is 9.18 Å². The summed E-state index contributed by atoms with van der Waals surface area (Å²) < 4.78 is 19.5. The predicted molar refractivity (Wildman–Crippen MR) is 67.9 cm³/mol. The number of anilines is 1. The zero-order valence-corrected chi connectivity index (χ0v) is 11.4. The number of rotatable bonds is 2. The Hall–Kier alpha value is -0.990. The van der Waals surface area contributed by atoms with Crippen molar-refractivity contribution in [1.82, 2.24) is 9.55 Å². The van der Waals surface area contributed by atoms with Crippen molar-refractivity contribution in [2.75, 3.05) is 18.2 Å². The normalized spacial score (nSPS) is 22.4. The maximum atomic E-state index is 13.1. The first-order chi connectivity index (χ1) is 8.61. The van der Waals surface area contributed by atoms with E-state index in [2.05, 4.69) is 20.9 Å². The molecule has 2 rings (SSSR count). The zero-order valence-electron chi connectivity index (χ0n) is 9.84. The first kappa shape index (κ1) is 15.1. The molecule has 0 radical (unpaired) electrons. The van der Waals surface area contributed by atoms with Crippen LogP contribution >= 0.6 is 15.9 Å². The average Bonchev–Trinajstić information content (AvgIpc) is 2.85. The molecule has 0 spiro atoms. The fourth-order valence-electron chi connectivity index (χ4n) is 1.69. The molecule has 0 amide bonds. The van der Waals surface area contributed by atoms with Gasteiger partial charge in [-0.1, -0.05) is 15.9 Å². The van der Waals surface area contributed by atoms with Crippen LogP contribution in [0.25, 0.3) is 0 Å². The van der Waals surface area contributed by atoms with Crippen molar-refractivity contribution in [1.29, 1.82) is 0 Å². The minimum Gasteiger partial charge on any atom is -0.394 e. The molecule has 0 aromatic carbocycles. The summed E-state index contributed by atoms with van der Waals surface area (Å²) in [5.41, 5.74) is 4.51. The molecule has 1 saturated heterocycles. The molecule has 1 aromatic rings. The van der Waals surface area contributed by atoms with Gasteiger partial charge >= 0.3 is 5.69 Å². The average molecular weight is 324 g/mol. The number of hydrogen-bond donors (Lipinski definition) is 2. The second-order valence-electron chi connectivity index (χ2n) is 3.64. The molecule has 0 aliphatic carbocycles. The molecule has 3 N–H and O–H groups in total. The Morgan fingerprint density at radius 3 is 2.89 bits per heavy atom. The maximum Gasteiger partial charge on any atom is 0.351 e. The van der Waals surface area contributed by atoms with Crippen molar-refractivity contribution < 1.29 is 14.2 Å². The summed E-state index contributed by atoms with van der Waals surface area (Å²) in [6, 6.07) is 0. The summed E-state index contributed by atoms with van der Waals surface area (Å²) in [5, 5.41) is 8.88. The Balaban J connectivity index is 0.000000771. The minimum atomic E-state index is -0.754. The Morgan fingerprint density at radius 2 is 2.33 bits per heavy atom. The first-order valence-corrected chi connectivity index (χ1v) is 6.88. The van der Waals surface area contributed by atoms with Crippen molar-refractivity contribution in [3.05, 3.63) is 22.5 Å². The number of nitrogens with zero attached hydrogens (tertiary/aromatic N) is 2. The molecule has 1 fully saturated rings. The highest BCUT2D eigenvalue weighted by molar-refractivity contribution is 9.08. The number of aliphatic hydroxyl groups excluding tert-OH is 1. The standard InChI is InChI=1S/C9H12FN3O3.CH3Br/c10-6-3-13(9(15)12-8(6)11)7-2-1-5(4-14)16-7;1-2/h3,5,7,14H,1-2,4H2,(H2,11,12,15);1H3.